The number of hydrogen-bond donors (Lipinski definition) is 0. The molecule has 0 bridgehead atoms. The Morgan fingerprint density at radius 2 is 1.76 bits per heavy atom. The first-order valence-electron chi connectivity index (χ1n) is 5.71. The zero-order chi connectivity index (χ0) is 13.2. The van der Waals surface area contributed by atoms with Crippen molar-refractivity contribution in [3.63, 3.8) is 0 Å². The van der Waals surface area contributed by atoms with Gasteiger partial charge in [-0.05, 0) is 14.0 Å². The van der Waals surface area contributed by atoms with Crippen molar-refractivity contribution < 1.29 is 13.2 Å². The molecule has 6 heteroatoms. The summed E-state index contributed by atoms with van der Waals surface area (Å²) >= 11 is 0. The summed E-state index contributed by atoms with van der Waals surface area (Å²) in [5.74, 6) is -0.761. The molecule has 0 fully saturated rings. The van der Waals surface area contributed by atoms with Crippen molar-refractivity contribution in [3.8, 4) is 0 Å². The Labute approximate surface area is 99.2 Å². The maximum absolute atomic E-state index is 12.6. The van der Waals surface area contributed by atoms with Crippen LogP contribution in [0.5, 0.6) is 0 Å². The highest BCUT2D eigenvalue weighted by molar-refractivity contribution is 5.19. The van der Waals surface area contributed by atoms with Crippen LogP contribution < -0.4 is 0 Å². The summed E-state index contributed by atoms with van der Waals surface area (Å²) in [6.07, 6.45) is -4.35. The van der Waals surface area contributed by atoms with Crippen molar-refractivity contribution in [1.82, 2.24) is 14.5 Å². The maximum Gasteiger partial charge on any atom is 0.449 e. The Bertz CT molecular complexity index is 382. The van der Waals surface area contributed by atoms with Gasteiger partial charge < -0.3 is 4.57 Å². The normalized spacial score (nSPS) is 16.2. The van der Waals surface area contributed by atoms with Gasteiger partial charge in [-0.25, -0.2) is 4.98 Å². The van der Waals surface area contributed by atoms with Crippen LogP contribution in [0.25, 0.3) is 0 Å². The second-order valence-electron chi connectivity index (χ2n) is 3.85. The molecule has 0 amide bonds. The van der Waals surface area contributed by atoms with Crippen LogP contribution >= 0.6 is 0 Å². The lowest BCUT2D eigenvalue weighted by Gasteiger charge is -2.25. The molecule has 0 saturated heterocycles. The predicted molar refractivity (Wildman–Crippen MR) is 59.6 cm³/mol. The highest BCUT2D eigenvalue weighted by Gasteiger charge is 2.39. The number of likely N-dealkylation sites (N-methyl/N-ethyl adjacent to an activating group) is 1. The smallest absolute Gasteiger partial charge is 0.322 e. The van der Waals surface area contributed by atoms with E-state index in [2.05, 4.69) is 4.98 Å². The lowest BCUT2D eigenvalue weighted by atomic mass is 10.2. The second-order valence-corrected chi connectivity index (χ2v) is 3.85. The summed E-state index contributed by atoms with van der Waals surface area (Å²) in [5, 5.41) is 0. The fourth-order valence-electron chi connectivity index (χ4n) is 1.87. The molecule has 98 valence electrons. The molecule has 2 rings (SSSR count). The standard InChI is InChI=1S/C9H12F3N3.C2H6/c1-6-7-5-14(2)3-4-15(7)8(13-6)9(10,11)12;1-2/h3-5H2,1-2H3;1-2H3. The van der Waals surface area contributed by atoms with Crippen LogP contribution in [-0.4, -0.2) is 28.0 Å². The number of fused-ring (bicyclic) bond motifs is 1. The lowest BCUT2D eigenvalue weighted by molar-refractivity contribution is -0.147. The number of aromatic nitrogens is 2. The molecule has 1 aliphatic rings. The number of alkyl halides is 3. The number of halogens is 3. The first-order chi connectivity index (χ1) is 7.89. The third-order valence-corrected chi connectivity index (χ3v) is 2.65. The van der Waals surface area contributed by atoms with Crippen LogP contribution in [0.2, 0.25) is 0 Å². The molecule has 1 aromatic heterocycles. The monoisotopic (exact) mass is 249 g/mol. The molecule has 1 aliphatic heterocycles. The van der Waals surface area contributed by atoms with E-state index in [0.29, 0.717) is 31.0 Å². The van der Waals surface area contributed by atoms with Gasteiger partial charge in [-0.2, -0.15) is 13.2 Å². The van der Waals surface area contributed by atoms with E-state index in [1.807, 2.05) is 25.8 Å². The molecule has 1 aromatic rings. The van der Waals surface area contributed by atoms with Crippen LogP contribution in [0.4, 0.5) is 13.2 Å². The molecule has 0 saturated carbocycles. The fraction of sp³-hybridized carbons (Fsp3) is 0.727. The van der Waals surface area contributed by atoms with Crippen molar-refractivity contribution >= 4 is 0 Å². The maximum atomic E-state index is 12.6. The van der Waals surface area contributed by atoms with E-state index in [1.54, 1.807) is 6.92 Å². The molecule has 0 spiro atoms. The molecule has 0 aromatic carbocycles. The molecule has 0 radical (unpaired) electrons. The summed E-state index contributed by atoms with van der Waals surface area (Å²) < 4.78 is 39.1. The second kappa shape index (κ2) is 5.08. The molecular weight excluding hydrogens is 231 g/mol. The van der Waals surface area contributed by atoms with Gasteiger partial charge in [0.15, 0.2) is 0 Å². The van der Waals surface area contributed by atoms with E-state index < -0.39 is 12.0 Å². The topological polar surface area (TPSA) is 21.1 Å². The van der Waals surface area contributed by atoms with Crippen molar-refractivity contribution in [2.75, 3.05) is 13.6 Å². The van der Waals surface area contributed by atoms with Crippen LogP contribution in [0.1, 0.15) is 31.1 Å². The number of aryl methyl sites for hydroxylation is 1. The molecule has 0 aliphatic carbocycles. The highest BCUT2D eigenvalue weighted by Crippen LogP contribution is 2.31. The van der Waals surface area contributed by atoms with Gasteiger partial charge in [-0.1, -0.05) is 13.8 Å². The van der Waals surface area contributed by atoms with E-state index in [0.717, 1.165) is 0 Å². The molecular formula is C11H18F3N3. The third-order valence-electron chi connectivity index (χ3n) is 2.65. The fourth-order valence-corrected chi connectivity index (χ4v) is 1.87. The van der Waals surface area contributed by atoms with Gasteiger partial charge in [-0.3, -0.25) is 4.90 Å². The zero-order valence-corrected chi connectivity index (χ0v) is 10.6. The van der Waals surface area contributed by atoms with Gasteiger partial charge in [0.05, 0.1) is 11.4 Å². The van der Waals surface area contributed by atoms with Gasteiger partial charge >= 0.3 is 6.18 Å². The Hall–Kier alpha value is -1.04. The Morgan fingerprint density at radius 1 is 1.18 bits per heavy atom. The largest absolute Gasteiger partial charge is 0.449 e. The first kappa shape index (κ1) is 14.0. The minimum Gasteiger partial charge on any atom is -0.322 e. The molecule has 17 heavy (non-hydrogen) atoms. The van der Waals surface area contributed by atoms with Crippen LogP contribution in [-0.2, 0) is 19.3 Å². The van der Waals surface area contributed by atoms with E-state index >= 15 is 0 Å². The SMILES string of the molecule is CC.Cc1nc(C(F)(F)F)n2c1CN(C)CC2. The molecule has 0 N–H and O–H groups in total. The summed E-state index contributed by atoms with van der Waals surface area (Å²) in [4.78, 5) is 5.60. The lowest BCUT2D eigenvalue weighted by Crippen LogP contribution is -2.32. The van der Waals surface area contributed by atoms with Crippen molar-refractivity contribution in [2.45, 2.75) is 40.0 Å². The number of nitrogens with zero attached hydrogens (tertiary/aromatic N) is 3. The van der Waals surface area contributed by atoms with Crippen molar-refractivity contribution in [3.05, 3.63) is 17.2 Å². The highest BCUT2D eigenvalue weighted by atomic mass is 19.4. The van der Waals surface area contributed by atoms with E-state index in [1.165, 1.54) is 4.57 Å². The minimum absolute atomic E-state index is 0.363. The number of rotatable bonds is 0. The minimum atomic E-state index is -4.35. The molecule has 0 atom stereocenters. The Kier molecular flexibility index (Phi) is 4.19. The average Bonchev–Trinajstić information content (AvgIpc) is 2.59. The van der Waals surface area contributed by atoms with Crippen LogP contribution in [0.3, 0.4) is 0 Å². The van der Waals surface area contributed by atoms with Gasteiger partial charge in [0, 0.05) is 19.6 Å². The molecule has 3 nitrogen and oxygen atoms in total. The van der Waals surface area contributed by atoms with Gasteiger partial charge in [-0.15, -0.1) is 0 Å². The Balaban J connectivity index is 0.000000686. The van der Waals surface area contributed by atoms with Crippen molar-refractivity contribution in [1.29, 1.82) is 0 Å². The zero-order valence-electron chi connectivity index (χ0n) is 10.6. The van der Waals surface area contributed by atoms with E-state index in [4.69, 9.17) is 0 Å². The summed E-state index contributed by atoms with van der Waals surface area (Å²) in [6, 6.07) is 0. The van der Waals surface area contributed by atoms with E-state index in [9.17, 15) is 13.2 Å². The van der Waals surface area contributed by atoms with Gasteiger partial charge in [0.1, 0.15) is 0 Å². The predicted octanol–water partition coefficient (Wildman–Crippen LogP) is 2.68. The van der Waals surface area contributed by atoms with Crippen molar-refractivity contribution in [2.24, 2.45) is 0 Å². The number of imidazole rings is 1. The van der Waals surface area contributed by atoms with Crippen LogP contribution in [0, 0.1) is 6.92 Å². The van der Waals surface area contributed by atoms with E-state index in [-0.39, 0.29) is 0 Å². The first-order valence-corrected chi connectivity index (χ1v) is 5.71. The summed E-state index contributed by atoms with van der Waals surface area (Å²) in [6.45, 7) is 7.16. The molecule has 2 heterocycles. The van der Waals surface area contributed by atoms with Crippen LogP contribution in [0.15, 0.2) is 0 Å². The number of hydrogen-bond acceptors (Lipinski definition) is 2. The summed E-state index contributed by atoms with van der Waals surface area (Å²) in [5.41, 5.74) is 1.16. The average molecular weight is 249 g/mol. The van der Waals surface area contributed by atoms with Gasteiger partial charge in [0.2, 0.25) is 5.82 Å². The van der Waals surface area contributed by atoms with Gasteiger partial charge in [0.25, 0.3) is 0 Å². The molecule has 0 unspecified atom stereocenters. The summed E-state index contributed by atoms with van der Waals surface area (Å²) in [7, 11) is 1.89. The Morgan fingerprint density at radius 3 is 2.29 bits per heavy atom. The quantitative estimate of drug-likeness (QED) is 0.705. The third kappa shape index (κ3) is 2.80.